The van der Waals surface area contributed by atoms with E-state index in [1.807, 2.05) is 18.2 Å². The number of rotatable bonds is 8. The molecular formula is C14H21Cl2NO. The third-order valence-corrected chi connectivity index (χ3v) is 3.74. The van der Waals surface area contributed by atoms with E-state index in [9.17, 15) is 0 Å². The first kappa shape index (κ1) is 15.8. The molecule has 0 aliphatic rings. The number of nitrogens with one attached hydrogen (secondary N) is 1. The van der Waals surface area contributed by atoms with Gasteiger partial charge in [0.25, 0.3) is 0 Å². The Hall–Kier alpha value is -0.280. The zero-order valence-electron chi connectivity index (χ0n) is 11.0. The van der Waals surface area contributed by atoms with Gasteiger partial charge >= 0.3 is 0 Å². The van der Waals surface area contributed by atoms with Gasteiger partial charge in [-0.05, 0) is 36.6 Å². The Morgan fingerprint density at radius 2 is 2.06 bits per heavy atom. The third-order valence-electron chi connectivity index (χ3n) is 3.00. The van der Waals surface area contributed by atoms with Gasteiger partial charge in [0.05, 0.1) is 16.7 Å². The molecule has 1 aromatic rings. The summed E-state index contributed by atoms with van der Waals surface area (Å²) in [4.78, 5) is 0. The molecule has 4 heteroatoms. The highest BCUT2D eigenvalue weighted by Gasteiger charge is 2.08. The van der Waals surface area contributed by atoms with Crippen molar-refractivity contribution in [3.8, 4) is 0 Å². The van der Waals surface area contributed by atoms with Gasteiger partial charge in [0.2, 0.25) is 0 Å². The Balaban J connectivity index is 2.44. The minimum Gasteiger partial charge on any atom is -0.383 e. The highest BCUT2D eigenvalue weighted by Crippen LogP contribution is 2.24. The minimum atomic E-state index is 0.610. The van der Waals surface area contributed by atoms with Crippen molar-refractivity contribution >= 4 is 23.2 Å². The molecule has 0 fully saturated rings. The maximum absolute atomic E-state index is 6.02. The first-order valence-corrected chi connectivity index (χ1v) is 7.06. The third kappa shape index (κ3) is 5.57. The fraction of sp³-hybridized carbons (Fsp3) is 0.571. The molecule has 0 amide bonds. The van der Waals surface area contributed by atoms with Crippen LogP contribution in [0.3, 0.4) is 0 Å². The van der Waals surface area contributed by atoms with Crippen LogP contribution in [0.15, 0.2) is 18.2 Å². The zero-order valence-corrected chi connectivity index (χ0v) is 12.5. The Morgan fingerprint density at radius 1 is 1.28 bits per heavy atom. The predicted octanol–water partition coefficient (Wildman–Crippen LogP) is 3.80. The molecule has 1 aromatic carbocycles. The maximum atomic E-state index is 6.02. The normalized spacial score (nSPS) is 12.7. The van der Waals surface area contributed by atoms with Crippen LogP contribution in [-0.2, 0) is 11.2 Å². The van der Waals surface area contributed by atoms with Crippen molar-refractivity contribution in [2.24, 2.45) is 5.92 Å². The lowest BCUT2D eigenvalue weighted by Crippen LogP contribution is -2.27. The van der Waals surface area contributed by atoms with E-state index in [2.05, 4.69) is 12.2 Å². The van der Waals surface area contributed by atoms with E-state index < -0.39 is 0 Å². The predicted molar refractivity (Wildman–Crippen MR) is 78.7 cm³/mol. The summed E-state index contributed by atoms with van der Waals surface area (Å²) in [5, 5.41) is 4.65. The lowest BCUT2D eigenvalue weighted by Gasteiger charge is -2.16. The quantitative estimate of drug-likeness (QED) is 0.735. The molecule has 102 valence electrons. The van der Waals surface area contributed by atoms with Crippen LogP contribution in [0.2, 0.25) is 10.0 Å². The first-order valence-electron chi connectivity index (χ1n) is 6.31. The highest BCUT2D eigenvalue weighted by atomic mass is 35.5. The van der Waals surface area contributed by atoms with Crippen molar-refractivity contribution in [2.75, 3.05) is 26.8 Å². The number of benzene rings is 1. The molecule has 0 radical (unpaired) electrons. The van der Waals surface area contributed by atoms with E-state index in [1.165, 1.54) is 5.56 Å². The number of methoxy groups -OCH3 is 1. The minimum absolute atomic E-state index is 0.610. The van der Waals surface area contributed by atoms with Crippen molar-refractivity contribution in [1.82, 2.24) is 5.32 Å². The zero-order chi connectivity index (χ0) is 13.4. The monoisotopic (exact) mass is 289 g/mol. The Bertz CT molecular complexity index is 358. The summed E-state index contributed by atoms with van der Waals surface area (Å²) in [6, 6.07) is 5.87. The van der Waals surface area contributed by atoms with Gasteiger partial charge in [-0.3, -0.25) is 0 Å². The second-order valence-corrected chi connectivity index (χ2v) is 5.24. The number of halogens is 2. The van der Waals surface area contributed by atoms with Crippen molar-refractivity contribution < 1.29 is 4.74 Å². The van der Waals surface area contributed by atoms with E-state index in [0.29, 0.717) is 16.0 Å². The molecule has 0 aliphatic carbocycles. The van der Waals surface area contributed by atoms with Gasteiger partial charge in [-0.2, -0.15) is 0 Å². The number of ether oxygens (including phenoxy) is 1. The average molecular weight is 290 g/mol. The summed E-state index contributed by atoms with van der Waals surface area (Å²) >= 11 is 11.9. The molecule has 0 aromatic heterocycles. The molecule has 1 N–H and O–H groups in total. The molecular weight excluding hydrogens is 269 g/mol. The van der Waals surface area contributed by atoms with Crippen molar-refractivity contribution in [2.45, 2.75) is 19.8 Å². The van der Waals surface area contributed by atoms with E-state index in [0.717, 1.165) is 32.5 Å². The standard InChI is InChI=1S/C14H21Cl2NO/c1-3-11(10-17-6-7-18-2)8-12-4-5-13(15)14(16)9-12/h4-5,9,11,17H,3,6-8,10H2,1-2H3. The number of hydrogen-bond acceptors (Lipinski definition) is 2. The van der Waals surface area contributed by atoms with Crippen LogP contribution >= 0.6 is 23.2 Å². The molecule has 2 nitrogen and oxygen atoms in total. The molecule has 18 heavy (non-hydrogen) atoms. The largest absolute Gasteiger partial charge is 0.383 e. The van der Waals surface area contributed by atoms with Crippen LogP contribution in [0.5, 0.6) is 0 Å². The second kappa shape index (κ2) is 8.76. The van der Waals surface area contributed by atoms with Crippen LogP contribution < -0.4 is 5.32 Å². The lowest BCUT2D eigenvalue weighted by molar-refractivity contribution is 0.197. The van der Waals surface area contributed by atoms with E-state index in [-0.39, 0.29) is 0 Å². The SMILES string of the molecule is CCC(CNCCOC)Cc1ccc(Cl)c(Cl)c1. The summed E-state index contributed by atoms with van der Waals surface area (Å²) in [6.45, 7) is 4.86. The summed E-state index contributed by atoms with van der Waals surface area (Å²) in [6.07, 6.45) is 2.16. The summed E-state index contributed by atoms with van der Waals surface area (Å²) in [5.74, 6) is 0.610. The van der Waals surface area contributed by atoms with Crippen molar-refractivity contribution in [1.29, 1.82) is 0 Å². The smallest absolute Gasteiger partial charge is 0.0595 e. The Morgan fingerprint density at radius 3 is 2.67 bits per heavy atom. The Kier molecular flexibility index (Phi) is 7.68. The van der Waals surface area contributed by atoms with E-state index in [1.54, 1.807) is 7.11 Å². The molecule has 0 saturated heterocycles. The van der Waals surface area contributed by atoms with Gasteiger partial charge in [-0.1, -0.05) is 42.6 Å². The van der Waals surface area contributed by atoms with Gasteiger partial charge in [-0.25, -0.2) is 0 Å². The second-order valence-electron chi connectivity index (χ2n) is 4.42. The topological polar surface area (TPSA) is 21.3 Å². The van der Waals surface area contributed by atoms with Crippen molar-refractivity contribution in [3.05, 3.63) is 33.8 Å². The molecule has 0 aliphatic heterocycles. The Labute approximate surface area is 120 Å². The molecule has 1 unspecified atom stereocenters. The van der Waals surface area contributed by atoms with Crippen LogP contribution in [0.1, 0.15) is 18.9 Å². The molecule has 1 rings (SSSR count). The molecule has 0 spiro atoms. The van der Waals surface area contributed by atoms with Crippen LogP contribution in [0.4, 0.5) is 0 Å². The van der Waals surface area contributed by atoms with E-state index >= 15 is 0 Å². The summed E-state index contributed by atoms with van der Waals surface area (Å²) in [5.41, 5.74) is 1.24. The summed E-state index contributed by atoms with van der Waals surface area (Å²) in [7, 11) is 1.72. The molecule has 0 bridgehead atoms. The van der Waals surface area contributed by atoms with Crippen LogP contribution in [0.25, 0.3) is 0 Å². The molecule has 0 heterocycles. The maximum Gasteiger partial charge on any atom is 0.0595 e. The first-order chi connectivity index (χ1) is 8.67. The highest BCUT2D eigenvalue weighted by molar-refractivity contribution is 6.42. The fourth-order valence-electron chi connectivity index (χ4n) is 1.84. The average Bonchev–Trinajstić information content (AvgIpc) is 2.37. The lowest BCUT2D eigenvalue weighted by atomic mass is 9.97. The molecule has 0 saturated carbocycles. The van der Waals surface area contributed by atoms with Crippen LogP contribution in [-0.4, -0.2) is 26.8 Å². The fourth-order valence-corrected chi connectivity index (χ4v) is 2.16. The van der Waals surface area contributed by atoms with Gasteiger partial charge in [0.1, 0.15) is 0 Å². The summed E-state index contributed by atoms with van der Waals surface area (Å²) < 4.78 is 5.01. The van der Waals surface area contributed by atoms with Gasteiger partial charge < -0.3 is 10.1 Å². The van der Waals surface area contributed by atoms with Crippen molar-refractivity contribution in [3.63, 3.8) is 0 Å². The van der Waals surface area contributed by atoms with Gasteiger partial charge in [-0.15, -0.1) is 0 Å². The molecule has 1 atom stereocenters. The van der Waals surface area contributed by atoms with E-state index in [4.69, 9.17) is 27.9 Å². The number of hydrogen-bond donors (Lipinski definition) is 1. The van der Waals surface area contributed by atoms with Gasteiger partial charge in [0.15, 0.2) is 0 Å². The van der Waals surface area contributed by atoms with Crippen LogP contribution in [0, 0.1) is 5.92 Å². The van der Waals surface area contributed by atoms with Gasteiger partial charge in [0, 0.05) is 13.7 Å².